The molecule has 7 rings (SSSR count). The Hall–Kier alpha value is -6.14. The largest absolute Gasteiger partial charge is 0.490 e. The zero-order valence-electron chi connectivity index (χ0n) is 26.9. The zero-order valence-corrected chi connectivity index (χ0v) is 26.9. The normalized spacial score (nSPS) is 12.5. The second kappa shape index (κ2) is 13.5. The van der Waals surface area contributed by atoms with Crippen molar-refractivity contribution in [2.24, 2.45) is 0 Å². The molecule has 0 heterocycles. The van der Waals surface area contributed by atoms with Crippen LogP contribution in [0.4, 0.5) is 0 Å². The Morgan fingerprint density at radius 1 is 0.551 bits per heavy atom. The van der Waals surface area contributed by atoms with Crippen LogP contribution in [0.2, 0.25) is 0 Å². The lowest BCUT2D eigenvalue weighted by molar-refractivity contribution is -0.139. The lowest BCUT2D eigenvalue weighted by atomic mass is 9.66. The van der Waals surface area contributed by atoms with Crippen molar-refractivity contribution < 1.29 is 28.5 Å². The van der Waals surface area contributed by atoms with Crippen LogP contribution in [0, 0.1) is 0 Å². The van der Waals surface area contributed by atoms with E-state index in [-0.39, 0.29) is 26.4 Å². The van der Waals surface area contributed by atoms with E-state index in [4.69, 9.17) is 18.9 Å². The molecule has 6 heteroatoms. The Kier molecular flexibility index (Phi) is 8.69. The molecule has 0 saturated carbocycles. The molecule has 0 radical (unpaired) electrons. The van der Waals surface area contributed by atoms with E-state index in [0.717, 1.165) is 34.1 Å². The number of esters is 2. The van der Waals surface area contributed by atoms with E-state index >= 15 is 0 Å². The second-order valence-electron chi connectivity index (χ2n) is 11.7. The summed E-state index contributed by atoms with van der Waals surface area (Å²) < 4.78 is 22.1. The summed E-state index contributed by atoms with van der Waals surface area (Å²) in [6, 6.07) is 42.5. The summed E-state index contributed by atoms with van der Waals surface area (Å²) in [6.07, 6.45) is 2.27. The lowest BCUT2D eigenvalue weighted by Gasteiger charge is -2.35. The molecule has 0 amide bonds. The van der Waals surface area contributed by atoms with Gasteiger partial charge in [-0.3, -0.25) is 0 Å². The third kappa shape index (κ3) is 5.82. The second-order valence-corrected chi connectivity index (χ2v) is 11.7. The zero-order chi connectivity index (χ0) is 33.8. The van der Waals surface area contributed by atoms with Gasteiger partial charge < -0.3 is 18.9 Å². The van der Waals surface area contributed by atoms with Crippen molar-refractivity contribution >= 4 is 33.5 Å². The number of carbonyl (C=O) groups excluding carboxylic acids is 2. The molecular weight excluding hydrogens is 612 g/mol. The molecular formula is C43H34O6. The molecule has 0 N–H and O–H groups in total. The molecule has 0 bridgehead atoms. The summed E-state index contributed by atoms with van der Waals surface area (Å²) in [5, 5.41) is 4.67. The van der Waals surface area contributed by atoms with Crippen LogP contribution in [-0.2, 0) is 24.5 Å². The molecule has 0 spiro atoms. The fourth-order valence-electron chi connectivity index (χ4n) is 6.90. The Morgan fingerprint density at radius 2 is 1.06 bits per heavy atom. The highest BCUT2D eigenvalue weighted by atomic mass is 16.6. The fraction of sp³-hybridized carbons (Fsp3) is 0.116. The van der Waals surface area contributed by atoms with Gasteiger partial charge in [0.25, 0.3) is 0 Å². The molecule has 0 aromatic heterocycles. The number of hydrogen-bond acceptors (Lipinski definition) is 6. The van der Waals surface area contributed by atoms with Gasteiger partial charge in [0.2, 0.25) is 0 Å². The molecule has 0 atom stereocenters. The molecule has 6 aromatic rings. The topological polar surface area (TPSA) is 71.1 Å². The van der Waals surface area contributed by atoms with E-state index < -0.39 is 17.4 Å². The Labute approximate surface area is 284 Å². The smallest absolute Gasteiger partial charge is 0.330 e. The maximum absolute atomic E-state index is 11.5. The molecule has 242 valence electrons. The van der Waals surface area contributed by atoms with Crippen LogP contribution >= 0.6 is 0 Å². The molecule has 1 aliphatic carbocycles. The quantitative estimate of drug-likeness (QED) is 0.0753. The lowest BCUT2D eigenvalue weighted by Crippen LogP contribution is -2.29. The minimum Gasteiger partial charge on any atom is -0.490 e. The van der Waals surface area contributed by atoms with Crippen molar-refractivity contribution in [3.63, 3.8) is 0 Å². The van der Waals surface area contributed by atoms with Crippen LogP contribution in [0.1, 0.15) is 22.3 Å². The van der Waals surface area contributed by atoms with Crippen molar-refractivity contribution in [2.75, 3.05) is 26.4 Å². The van der Waals surface area contributed by atoms with Crippen molar-refractivity contribution in [3.8, 4) is 22.6 Å². The number of ether oxygens (including phenoxy) is 4. The SMILES string of the molecule is C=CC(=O)OCCOc1ccc(C2(c3ccc(OCCOC(=O)C=C)cc3)c3cc4ccccc4cc3-c3ccc4ccccc4c32)cc1. The van der Waals surface area contributed by atoms with Gasteiger partial charge in [-0.25, -0.2) is 9.59 Å². The van der Waals surface area contributed by atoms with Crippen molar-refractivity contribution in [1.82, 2.24) is 0 Å². The summed E-state index contributed by atoms with van der Waals surface area (Å²) in [4.78, 5) is 22.9. The number of fused-ring (bicyclic) bond motifs is 6. The number of hydrogen-bond donors (Lipinski definition) is 0. The summed E-state index contributed by atoms with van der Waals surface area (Å²) in [5.41, 5.74) is 6.25. The third-order valence-electron chi connectivity index (χ3n) is 8.98. The summed E-state index contributed by atoms with van der Waals surface area (Å²) in [6.45, 7) is 7.56. The van der Waals surface area contributed by atoms with Gasteiger partial charge in [0, 0.05) is 12.2 Å². The van der Waals surface area contributed by atoms with Crippen LogP contribution in [0.25, 0.3) is 32.7 Å². The van der Waals surface area contributed by atoms with E-state index in [2.05, 4.69) is 110 Å². The first-order chi connectivity index (χ1) is 24.0. The highest BCUT2D eigenvalue weighted by Gasteiger charge is 2.47. The van der Waals surface area contributed by atoms with Gasteiger partial charge in [0.15, 0.2) is 0 Å². The van der Waals surface area contributed by atoms with Gasteiger partial charge in [0.05, 0.1) is 5.41 Å². The van der Waals surface area contributed by atoms with Gasteiger partial charge in [-0.2, -0.15) is 0 Å². The average molecular weight is 647 g/mol. The van der Waals surface area contributed by atoms with E-state index in [1.54, 1.807) is 0 Å². The maximum Gasteiger partial charge on any atom is 0.330 e. The van der Waals surface area contributed by atoms with Gasteiger partial charge in [-0.05, 0) is 91.3 Å². The van der Waals surface area contributed by atoms with Gasteiger partial charge in [-0.1, -0.05) is 98.1 Å². The van der Waals surface area contributed by atoms with Gasteiger partial charge in [-0.15, -0.1) is 0 Å². The first-order valence-corrected chi connectivity index (χ1v) is 16.1. The van der Waals surface area contributed by atoms with Crippen LogP contribution in [0.5, 0.6) is 11.5 Å². The third-order valence-corrected chi connectivity index (χ3v) is 8.98. The van der Waals surface area contributed by atoms with Gasteiger partial charge in [0.1, 0.15) is 37.9 Å². The first-order valence-electron chi connectivity index (χ1n) is 16.1. The van der Waals surface area contributed by atoms with Gasteiger partial charge >= 0.3 is 11.9 Å². The molecule has 0 fully saturated rings. The summed E-state index contributed by atoms with van der Waals surface area (Å²) in [5.74, 6) is 0.382. The first kappa shape index (κ1) is 31.5. The minimum atomic E-state index is -0.689. The molecule has 6 aromatic carbocycles. The number of benzene rings is 6. The Balaban J connectivity index is 1.38. The Morgan fingerprint density at radius 3 is 1.61 bits per heavy atom. The summed E-state index contributed by atoms with van der Waals surface area (Å²) in [7, 11) is 0. The number of rotatable bonds is 12. The molecule has 1 aliphatic rings. The molecule has 0 aliphatic heterocycles. The Bertz CT molecular complexity index is 2130. The van der Waals surface area contributed by atoms with Crippen LogP contribution < -0.4 is 9.47 Å². The van der Waals surface area contributed by atoms with E-state index in [0.29, 0.717) is 11.5 Å². The standard InChI is InChI=1S/C43H34O6/c1-3-40(44)48-25-23-46-34-18-14-32(15-19-34)43(33-16-20-35(21-17-33)47-24-26-49-41(45)4-2)39-28-31-11-6-5-10-30(31)27-38(39)37-22-13-29-9-7-8-12-36(29)42(37)43/h3-22,27-28H,1-2,23-26H2. The van der Waals surface area contributed by atoms with Crippen molar-refractivity contribution in [2.45, 2.75) is 5.41 Å². The average Bonchev–Trinajstić information content (AvgIpc) is 3.44. The molecule has 49 heavy (non-hydrogen) atoms. The molecule has 0 saturated heterocycles. The molecule has 6 nitrogen and oxygen atoms in total. The van der Waals surface area contributed by atoms with Crippen molar-refractivity contribution in [3.05, 3.63) is 169 Å². The van der Waals surface area contributed by atoms with E-state index in [1.165, 1.54) is 33.0 Å². The van der Waals surface area contributed by atoms with E-state index in [9.17, 15) is 9.59 Å². The maximum atomic E-state index is 11.5. The van der Waals surface area contributed by atoms with Crippen LogP contribution in [-0.4, -0.2) is 38.4 Å². The molecule has 0 unspecified atom stereocenters. The van der Waals surface area contributed by atoms with Crippen LogP contribution in [0.15, 0.2) is 147 Å². The minimum absolute atomic E-state index is 0.126. The highest BCUT2D eigenvalue weighted by molar-refractivity contribution is 6.03. The fourth-order valence-corrected chi connectivity index (χ4v) is 6.90. The number of carbonyl (C=O) groups is 2. The highest BCUT2D eigenvalue weighted by Crippen LogP contribution is 2.59. The van der Waals surface area contributed by atoms with E-state index in [1.807, 2.05) is 24.3 Å². The predicted octanol–water partition coefficient (Wildman–Crippen LogP) is 8.57. The monoisotopic (exact) mass is 646 g/mol. The summed E-state index contributed by atoms with van der Waals surface area (Å²) >= 11 is 0. The van der Waals surface area contributed by atoms with Crippen molar-refractivity contribution in [1.29, 1.82) is 0 Å². The van der Waals surface area contributed by atoms with Crippen LogP contribution in [0.3, 0.4) is 0 Å². The predicted molar refractivity (Wildman–Crippen MR) is 192 cm³/mol.